The number of aryl methyl sites for hydroxylation is 1. The van der Waals surface area contributed by atoms with E-state index in [9.17, 15) is 0 Å². The molecule has 1 fully saturated rings. The number of hydrogen-bond donors (Lipinski definition) is 1. The molecule has 1 saturated heterocycles. The minimum atomic E-state index is 0.743. The van der Waals surface area contributed by atoms with Crippen molar-refractivity contribution >= 4 is 5.96 Å². The van der Waals surface area contributed by atoms with Crippen LogP contribution in [0.1, 0.15) is 11.3 Å². The van der Waals surface area contributed by atoms with Crippen molar-refractivity contribution in [2.45, 2.75) is 13.1 Å². The van der Waals surface area contributed by atoms with Gasteiger partial charge in [-0.25, -0.2) is 0 Å². The summed E-state index contributed by atoms with van der Waals surface area (Å²) in [4.78, 5) is 9.26. The van der Waals surface area contributed by atoms with Crippen LogP contribution in [0.2, 0.25) is 0 Å². The Hall–Kier alpha value is -2.34. The van der Waals surface area contributed by atoms with E-state index in [-0.39, 0.29) is 0 Å². The van der Waals surface area contributed by atoms with Crippen molar-refractivity contribution in [3.05, 3.63) is 53.9 Å². The fourth-order valence-corrected chi connectivity index (χ4v) is 3.04. The molecule has 1 N–H and O–H groups in total. The Balaban J connectivity index is 1.48. The Kier molecular flexibility index (Phi) is 5.48. The van der Waals surface area contributed by atoms with Crippen LogP contribution in [0.4, 0.5) is 0 Å². The van der Waals surface area contributed by atoms with Crippen molar-refractivity contribution in [3.63, 3.8) is 0 Å². The molecule has 0 aliphatic carbocycles. The monoisotopic (exact) mass is 326 g/mol. The zero-order valence-electron chi connectivity index (χ0n) is 14.5. The molecule has 6 heteroatoms. The molecule has 128 valence electrons. The molecule has 0 saturated carbocycles. The van der Waals surface area contributed by atoms with Gasteiger partial charge in [-0.05, 0) is 11.6 Å². The fraction of sp³-hybridized carbons (Fsp3) is 0.444. The van der Waals surface area contributed by atoms with E-state index in [2.05, 4.69) is 55.5 Å². The molecule has 1 aromatic carbocycles. The maximum absolute atomic E-state index is 4.43. The standard InChI is InChI=1S/C18H26N6/c1-19-18(20-14-17-8-9-21-22(17)2)24-12-10-23(11-13-24)15-16-6-4-3-5-7-16/h3-9H,10-15H2,1-2H3,(H,19,20). The number of benzene rings is 1. The number of aliphatic imine (C=N–C) groups is 1. The predicted molar refractivity (Wildman–Crippen MR) is 96.7 cm³/mol. The van der Waals surface area contributed by atoms with Crippen molar-refractivity contribution in [2.24, 2.45) is 12.0 Å². The maximum atomic E-state index is 4.43. The number of aromatic nitrogens is 2. The van der Waals surface area contributed by atoms with Gasteiger partial charge in [0.15, 0.2) is 5.96 Å². The minimum absolute atomic E-state index is 0.743. The Bertz CT molecular complexity index is 655. The maximum Gasteiger partial charge on any atom is 0.194 e. The summed E-state index contributed by atoms with van der Waals surface area (Å²) in [7, 11) is 3.81. The zero-order valence-corrected chi connectivity index (χ0v) is 14.5. The second-order valence-corrected chi connectivity index (χ2v) is 6.10. The highest BCUT2D eigenvalue weighted by Gasteiger charge is 2.19. The van der Waals surface area contributed by atoms with Gasteiger partial charge >= 0.3 is 0 Å². The second-order valence-electron chi connectivity index (χ2n) is 6.10. The molecule has 0 bridgehead atoms. The van der Waals surface area contributed by atoms with Crippen molar-refractivity contribution in [3.8, 4) is 0 Å². The van der Waals surface area contributed by atoms with Gasteiger partial charge in [0.05, 0.1) is 12.2 Å². The quantitative estimate of drug-likeness (QED) is 0.680. The molecule has 2 heterocycles. The van der Waals surface area contributed by atoms with E-state index in [0.29, 0.717) is 0 Å². The minimum Gasteiger partial charge on any atom is -0.351 e. The summed E-state index contributed by atoms with van der Waals surface area (Å²) >= 11 is 0. The molecule has 6 nitrogen and oxygen atoms in total. The van der Waals surface area contributed by atoms with Crippen LogP contribution >= 0.6 is 0 Å². The SMILES string of the molecule is CN=C(NCc1ccnn1C)N1CCN(Cc2ccccc2)CC1. The van der Waals surface area contributed by atoms with Gasteiger partial charge < -0.3 is 10.2 Å². The molecule has 3 rings (SSSR count). The third-order valence-corrected chi connectivity index (χ3v) is 4.48. The fourth-order valence-electron chi connectivity index (χ4n) is 3.04. The van der Waals surface area contributed by atoms with Gasteiger partial charge in [-0.1, -0.05) is 30.3 Å². The molecule has 1 aliphatic rings. The van der Waals surface area contributed by atoms with Crippen molar-refractivity contribution in [1.82, 2.24) is 24.9 Å². The summed E-state index contributed by atoms with van der Waals surface area (Å²) in [6.07, 6.45) is 1.82. The molecular formula is C18H26N6. The first-order valence-electron chi connectivity index (χ1n) is 8.45. The lowest BCUT2D eigenvalue weighted by Gasteiger charge is -2.36. The summed E-state index contributed by atoms with van der Waals surface area (Å²) in [6.45, 7) is 5.88. The predicted octanol–water partition coefficient (Wildman–Crippen LogP) is 1.31. The van der Waals surface area contributed by atoms with E-state index in [4.69, 9.17) is 0 Å². The summed E-state index contributed by atoms with van der Waals surface area (Å²) in [5.74, 6) is 0.968. The van der Waals surface area contributed by atoms with E-state index in [1.165, 1.54) is 5.56 Å². The van der Waals surface area contributed by atoms with Crippen LogP contribution in [0.15, 0.2) is 47.6 Å². The highest BCUT2D eigenvalue weighted by Crippen LogP contribution is 2.08. The van der Waals surface area contributed by atoms with Crippen LogP contribution in [0.3, 0.4) is 0 Å². The van der Waals surface area contributed by atoms with Crippen LogP contribution < -0.4 is 5.32 Å². The van der Waals surface area contributed by atoms with Crippen molar-refractivity contribution in [2.75, 3.05) is 33.2 Å². The van der Waals surface area contributed by atoms with E-state index in [0.717, 1.165) is 50.9 Å². The highest BCUT2D eigenvalue weighted by molar-refractivity contribution is 5.79. The lowest BCUT2D eigenvalue weighted by atomic mass is 10.2. The smallest absolute Gasteiger partial charge is 0.194 e. The molecular weight excluding hydrogens is 300 g/mol. The van der Waals surface area contributed by atoms with Gasteiger partial charge in [0.2, 0.25) is 0 Å². The Morgan fingerprint density at radius 2 is 1.88 bits per heavy atom. The third kappa shape index (κ3) is 4.14. The van der Waals surface area contributed by atoms with Gasteiger partial charge in [0, 0.05) is 53.0 Å². The summed E-state index contributed by atoms with van der Waals surface area (Å²) in [5.41, 5.74) is 2.53. The summed E-state index contributed by atoms with van der Waals surface area (Å²) in [5, 5.41) is 7.64. The van der Waals surface area contributed by atoms with Crippen LogP contribution in [-0.4, -0.2) is 58.8 Å². The van der Waals surface area contributed by atoms with Gasteiger partial charge in [-0.15, -0.1) is 0 Å². The topological polar surface area (TPSA) is 48.7 Å². The van der Waals surface area contributed by atoms with Gasteiger partial charge in [-0.3, -0.25) is 14.6 Å². The first kappa shape index (κ1) is 16.5. The van der Waals surface area contributed by atoms with E-state index < -0.39 is 0 Å². The molecule has 0 amide bonds. The molecule has 2 aromatic rings. The molecule has 24 heavy (non-hydrogen) atoms. The lowest BCUT2D eigenvalue weighted by Crippen LogP contribution is -2.52. The molecule has 1 aliphatic heterocycles. The third-order valence-electron chi connectivity index (χ3n) is 4.48. The molecule has 0 unspecified atom stereocenters. The zero-order chi connectivity index (χ0) is 16.8. The lowest BCUT2D eigenvalue weighted by molar-refractivity contribution is 0.172. The first-order chi connectivity index (χ1) is 11.8. The first-order valence-corrected chi connectivity index (χ1v) is 8.45. The largest absolute Gasteiger partial charge is 0.351 e. The number of nitrogens with zero attached hydrogens (tertiary/aromatic N) is 5. The van der Waals surface area contributed by atoms with Crippen LogP contribution in [0.5, 0.6) is 0 Å². The molecule has 0 spiro atoms. The average Bonchev–Trinajstić information content (AvgIpc) is 3.03. The normalized spacial score (nSPS) is 16.4. The number of nitrogens with one attached hydrogen (secondary N) is 1. The second kappa shape index (κ2) is 7.97. The van der Waals surface area contributed by atoms with Gasteiger partial charge in [0.25, 0.3) is 0 Å². The van der Waals surface area contributed by atoms with Crippen LogP contribution in [0, 0.1) is 0 Å². The van der Waals surface area contributed by atoms with E-state index in [1.807, 2.05) is 31.0 Å². The number of hydrogen-bond acceptors (Lipinski definition) is 3. The Labute approximate surface area is 143 Å². The van der Waals surface area contributed by atoms with Gasteiger partial charge in [-0.2, -0.15) is 5.10 Å². The summed E-state index contributed by atoms with van der Waals surface area (Å²) in [6, 6.07) is 12.7. The van der Waals surface area contributed by atoms with Crippen molar-refractivity contribution in [1.29, 1.82) is 0 Å². The van der Waals surface area contributed by atoms with Crippen LogP contribution in [-0.2, 0) is 20.1 Å². The number of piperazine rings is 1. The molecule has 0 radical (unpaired) electrons. The van der Waals surface area contributed by atoms with E-state index in [1.54, 1.807) is 0 Å². The van der Waals surface area contributed by atoms with Gasteiger partial charge in [0.1, 0.15) is 0 Å². The molecule has 0 atom stereocenters. The van der Waals surface area contributed by atoms with E-state index >= 15 is 0 Å². The van der Waals surface area contributed by atoms with Crippen molar-refractivity contribution < 1.29 is 0 Å². The van der Waals surface area contributed by atoms with Crippen LogP contribution in [0.25, 0.3) is 0 Å². The number of guanidine groups is 1. The average molecular weight is 326 g/mol. The Morgan fingerprint density at radius 3 is 2.50 bits per heavy atom. The highest BCUT2D eigenvalue weighted by atomic mass is 15.3. The molecule has 1 aromatic heterocycles. The number of rotatable bonds is 4. The Morgan fingerprint density at radius 1 is 1.12 bits per heavy atom. The summed E-state index contributed by atoms with van der Waals surface area (Å²) < 4.78 is 1.89.